The number of ketones is 1. The lowest BCUT2D eigenvalue weighted by Crippen LogP contribution is -2.26. The molecule has 0 saturated heterocycles. The van der Waals surface area contributed by atoms with Crippen LogP contribution in [0, 0.1) is 12.3 Å². The van der Waals surface area contributed by atoms with E-state index in [1.807, 2.05) is 6.92 Å². The minimum Gasteiger partial charge on any atom is -0.296 e. The van der Waals surface area contributed by atoms with Crippen molar-refractivity contribution in [1.82, 2.24) is 0 Å². The number of hydrogen-bond acceptors (Lipinski definition) is 4. The number of rotatable bonds is 4. The van der Waals surface area contributed by atoms with Crippen LogP contribution in [0.3, 0.4) is 0 Å². The number of carbonyl (C=O) groups excluding carboxylic acids is 1. The van der Waals surface area contributed by atoms with Crippen molar-refractivity contribution in [2.45, 2.75) is 32.6 Å². The van der Waals surface area contributed by atoms with Crippen LogP contribution in [0.4, 0.5) is 0 Å². The zero-order chi connectivity index (χ0) is 14.0. The van der Waals surface area contributed by atoms with Crippen LogP contribution in [-0.2, 0) is 19.1 Å². The fourth-order valence-electron chi connectivity index (χ4n) is 1.12. The molecule has 1 aromatic rings. The van der Waals surface area contributed by atoms with E-state index in [9.17, 15) is 13.2 Å². The normalized spacial score (nSPS) is 12.4. The van der Waals surface area contributed by atoms with Gasteiger partial charge < -0.3 is 0 Å². The molecule has 5 heteroatoms. The maximum atomic E-state index is 11.8. The smallest absolute Gasteiger partial charge is 0.296 e. The highest BCUT2D eigenvalue weighted by Crippen LogP contribution is 2.17. The monoisotopic (exact) mass is 270 g/mol. The quantitative estimate of drug-likeness (QED) is 0.788. The number of carbonyl (C=O) groups is 1. The lowest BCUT2D eigenvalue weighted by molar-refractivity contribution is -0.128. The Balaban J connectivity index is 2.78. The molecule has 0 saturated carbocycles. The summed E-state index contributed by atoms with van der Waals surface area (Å²) in [5, 5.41) is 0. The highest BCUT2D eigenvalue weighted by atomic mass is 32.2. The zero-order valence-electron chi connectivity index (χ0n) is 11.1. The molecule has 0 bridgehead atoms. The molecule has 0 atom stereocenters. The maximum absolute atomic E-state index is 11.8. The molecule has 1 aromatic carbocycles. The van der Waals surface area contributed by atoms with Gasteiger partial charge in [-0.25, -0.2) is 0 Å². The molecular formula is C13H18O4S. The minimum absolute atomic E-state index is 0.0646. The van der Waals surface area contributed by atoms with Crippen molar-refractivity contribution in [2.75, 3.05) is 6.61 Å². The van der Waals surface area contributed by atoms with Crippen LogP contribution >= 0.6 is 0 Å². The van der Waals surface area contributed by atoms with Crippen LogP contribution in [-0.4, -0.2) is 20.8 Å². The van der Waals surface area contributed by atoms with E-state index >= 15 is 0 Å². The van der Waals surface area contributed by atoms with Gasteiger partial charge in [-0.2, -0.15) is 8.42 Å². The predicted octanol–water partition coefficient (Wildman–Crippen LogP) is 2.32. The number of Topliss-reactive ketones (excluding diaryl/α,β-unsaturated/α-hetero) is 1. The first-order chi connectivity index (χ1) is 8.13. The lowest BCUT2D eigenvalue weighted by atomic mass is 9.91. The van der Waals surface area contributed by atoms with Crippen molar-refractivity contribution in [3.05, 3.63) is 29.8 Å². The van der Waals surface area contributed by atoms with Crippen LogP contribution in [0.15, 0.2) is 29.2 Å². The second-order valence-electron chi connectivity index (χ2n) is 5.20. The maximum Gasteiger partial charge on any atom is 0.297 e. The van der Waals surface area contributed by atoms with Gasteiger partial charge in [-0.3, -0.25) is 8.98 Å². The van der Waals surface area contributed by atoms with Gasteiger partial charge in [-0.1, -0.05) is 38.5 Å². The van der Waals surface area contributed by atoms with Gasteiger partial charge >= 0.3 is 0 Å². The topological polar surface area (TPSA) is 60.4 Å². The molecule has 18 heavy (non-hydrogen) atoms. The summed E-state index contributed by atoms with van der Waals surface area (Å²) in [6, 6.07) is 6.29. The summed E-state index contributed by atoms with van der Waals surface area (Å²) in [5.74, 6) is -0.252. The van der Waals surface area contributed by atoms with E-state index in [4.69, 9.17) is 4.18 Å². The molecule has 0 N–H and O–H groups in total. The fraction of sp³-hybridized carbons (Fsp3) is 0.462. The SMILES string of the molecule is Cc1ccc(S(=O)(=O)OCC(=O)C(C)(C)C)cc1. The van der Waals surface area contributed by atoms with E-state index in [0.29, 0.717) is 0 Å². The van der Waals surface area contributed by atoms with Crippen molar-refractivity contribution in [2.24, 2.45) is 5.41 Å². The largest absolute Gasteiger partial charge is 0.297 e. The summed E-state index contributed by atoms with van der Waals surface area (Å²) in [6.45, 7) is 6.59. The number of aryl methyl sites for hydroxylation is 1. The van der Waals surface area contributed by atoms with Crippen LogP contribution in [0.1, 0.15) is 26.3 Å². The Hall–Kier alpha value is -1.20. The van der Waals surface area contributed by atoms with Crippen molar-refractivity contribution in [1.29, 1.82) is 0 Å². The van der Waals surface area contributed by atoms with E-state index in [1.54, 1.807) is 32.9 Å². The lowest BCUT2D eigenvalue weighted by Gasteiger charge is -2.16. The Labute approximate surface area is 108 Å². The fourth-order valence-corrected chi connectivity index (χ4v) is 1.99. The second-order valence-corrected chi connectivity index (χ2v) is 6.82. The third-order valence-electron chi connectivity index (χ3n) is 2.49. The summed E-state index contributed by atoms with van der Waals surface area (Å²) in [7, 11) is -3.85. The van der Waals surface area contributed by atoms with E-state index in [1.165, 1.54) is 12.1 Å². The van der Waals surface area contributed by atoms with Crippen molar-refractivity contribution in [3.8, 4) is 0 Å². The molecule has 100 valence electrons. The number of hydrogen-bond donors (Lipinski definition) is 0. The Morgan fingerprint density at radius 3 is 2.11 bits per heavy atom. The van der Waals surface area contributed by atoms with E-state index in [0.717, 1.165) is 5.56 Å². The minimum atomic E-state index is -3.85. The molecule has 0 radical (unpaired) electrons. The van der Waals surface area contributed by atoms with Gasteiger partial charge in [-0.15, -0.1) is 0 Å². The molecule has 0 unspecified atom stereocenters. The highest BCUT2D eigenvalue weighted by molar-refractivity contribution is 7.86. The first kappa shape index (κ1) is 14.9. The van der Waals surface area contributed by atoms with Crippen LogP contribution < -0.4 is 0 Å². The Morgan fingerprint density at radius 1 is 1.17 bits per heavy atom. The van der Waals surface area contributed by atoms with Gasteiger partial charge in [0.1, 0.15) is 6.61 Å². The Morgan fingerprint density at radius 2 is 1.67 bits per heavy atom. The number of benzene rings is 1. The summed E-state index contributed by atoms with van der Waals surface area (Å²) < 4.78 is 28.4. The van der Waals surface area contributed by atoms with E-state index in [-0.39, 0.29) is 10.7 Å². The van der Waals surface area contributed by atoms with Gasteiger partial charge in [0.05, 0.1) is 4.90 Å². The van der Waals surface area contributed by atoms with Gasteiger partial charge in [-0.05, 0) is 19.1 Å². The van der Waals surface area contributed by atoms with Gasteiger partial charge in [0.2, 0.25) is 0 Å². The molecule has 0 aromatic heterocycles. The molecule has 0 amide bonds. The molecule has 0 aliphatic rings. The third-order valence-corrected chi connectivity index (χ3v) is 3.77. The summed E-state index contributed by atoms with van der Waals surface area (Å²) in [4.78, 5) is 11.7. The standard InChI is InChI=1S/C13H18O4S/c1-10-5-7-11(8-6-10)18(15,16)17-9-12(14)13(2,3)4/h5-8H,9H2,1-4H3. The van der Waals surface area contributed by atoms with Crippen molar-refractivity contribution >= 4 is 15.9 Å². The summed E-state index contributed by atoms with van der Waals surface area (Å²) in [6.07, 6.45) is 0. The Bertz CT molecular complexity index is 521. The van der Waals surface area contributed by atoms with E-state index in [2.05, 4.69) is 0 Å². The third kappa shape index (κ3) is 3.92. The average Bonchev–Trinajstić information content (AvgIpc) is 2.25. The van der Waals surface area contributed by atoms with Crippen molar-refractivity contribution in [3.63, 3.8) is 0 Å². The first-order valence-corrected chi connectivity index (χ1v) is 7.03. The highest BCUT2D eigenvalue weighted by Gasteiger charge is 2.24. The molecule has 0 fully saturated rings. The van der Waals surface area contributed by atoms with Gasteiger partial charge in [0, 0.05) is 5.41 Å². The first-order valence-electron chi connectivity index (χ1n) is 5.62. The second kappa shape index (κ2) is 5.20. The molecule has 0 heterocycles. The van der Waals surface area contributed by atoms with Crippen molar-refractivity contribution < 1.29 is 17.4 Å². The molecule has 4 nitrogen and oxygen atoms in total. The van der Waals surface area contributed by atoms with Gasteiger partial charge in [0.25, 0.3) is 10.1 Å². The summed E-state index contributed by atoms with van der Waals surface area (Å²) >= 11 is 0. The molecule has 0 aliphatic heterocycles. The zero-order valence-corrected chi connectivity index (χ0v) is 11.9. The van der Waals surface area contributed by atoms with Crippen LogP contribution in [0.2, 0.25) is 0 Å². The van der Waals surface area contributed by atoms with Gasteiger partial charge in [0.15, 0.2) is 5.78 Å². The molecule has 0 spiro atoms. The summed E-state index contributed by atoms with van der Waals surface area (Å²) in [5.41, 5.74) is 0.350. The van der Waals surface area contributed by atoms with Crippen LogP contribution in [0.5, 0.6) is 0 Å². The Kier molecular flexibility index (Phi) is 4.29. The molecule has 0 aliphatic carbocycles. The predicted molar refractivity (Wildman–Crippen MR) is 68.8 cm³/mol. The average molecular weight is 270 g/mol. The van der Waals surface area contributed by atoms with E-state index < -0.39 is 22.1 Å². The molecule has 1 rings (SSSR count). The molecular weight excluding hydrogens is 252 g/mol. The van der Waals surface area contributed by atoms with Crippen LogP contribution in [0.25, 0.3) is 0 Å².